The molecule has 0 aliphatic carbocycles. The fraction of sp³-hybridized carbons (Fsp3) is 0.188. The molecule has 2 nitrogen and oxygen atoms in total. The van der Waals surface area contributed by atoms with Crippen molar-refractivity contribution < 1.29 is 0 Å². The zero-order chi connectivity index (χ0) is 12.4. The van der Waals surface area contributed by atoms with Crippen LogP contribution in [0, 0.1) is 6.92 Å². The number of benzene rings is 2. The Labute approximate surface area is 107 Å². The van der Waals surface area contributed by atoms with E-state index in [1.54, 1.807) is 0 Å². The van der Waals surface area contributed by atoms with Crippen LogP contribution in [-0.4, -0.2) is 5.71 Å². The first-order chi connectivity index (χ1) is 8.83. The van der Waals surface area contributed by atoms with E-state index in [2.05, 4.69) is 66.0 Å². The molecule has 0 amide bonds. The molecule has 1 atom stereocenters. The molecule has 0 bridgehead atoms. The number of nitrogens with zero attached hydrogens (tertiary/aromatic N) is 1. The summed E-state index contributed by atoms with van der Waals surface area (Å²) in [5, 5.41) is 4.46. The van der Waals surface area contributed by atoms with Gasteiger partial charge in [-0.3, -0.25) is 0 Å². The molecule has 3 rings (SSSR count). The van der Waals surface area contributed by atoms with Crippen molar-refractivity contribution in [3.8, 4) is 0 Å². The van der Waals surface area contributed by atoms with Crippen LogP contribution in [0.1, 0.15) is 29.2 Å². The Hall–Kier alpha value is -2.09. The molecule has 1 aliphatic rings. The maximum absolute atomic E-state index is 4.46. The van der Waals surface area contributed by atoms with Gasteiger partial charge in [-0.25, -0.2) is 0 Å². The van der Waals surface area contributed by atoms with Gasteiger partial charge >= 0.3 is 0 Å². The first-order valence-electron chi connectivity index (χ1n) is 6.27. The molecule has 0 fully saturated rings. The fourth-order valence-corrected chi connectivity index (χ4v) is 2.25. The molecule has 1 aliphatic heterocycles. The van der Waals surface area contributed by atoms with Gasteiger partial charge < -0.3 is 5.43 Å². The molecule has 0 saturated heterocycles. The van der Waals surface area contributed by atoms with Gasteiger partial charge in [0.05, 0.1) is 11.8 Å². The molecule has 2 aromatic carbocycles. The monoisotopic (exact) mass is 236 g/mol. The summed E-state index contributed by atoms with van der Waals surface area (Å²) < 4.78 is 0. The maximum atomic E-state index is 4.46. The Morgan fingerprint density at radius 1 is 1.00 bits per heavy atom. The number of rotatable bonds is 2. The highest BCUT2D eigenvalue weighted by Crippen LogP contribution is 2.24. The summed E-state index contributed by atoms with van der Waals surface area (Å²) in [4.78, 5) is 0. The summed E-state index contributed by atoms with van der Waals surface area (Å²) in [5.41, 5.74) is 8.16. The number of hydrazone groups is 1. The smallest absolute Gasteiger partial charge is 0.0745 e. The van der Waals surface area contributed by atoms with Crippen LogP contribution in [0.4, 0.5) is 0 Å². The molecular weight excluding hydrogens is 220 g/mol. The molecule has 1 N–H and O–H groups in total. The quantitative estimate of drug-likeness (QED) is 0.848. The van der Waals surface area contributed by atoms with Gasteiger partial charge in [0.15, 0.2) is 0 Å². The van der Waals surface area contributed by atoms with Crippen LogP contribution in [0.25, 0.3) is 0 Å². The Morgan fingerprint density at radius 3 is 2.44 bits per heavy atom. The lowest BCUT2D eigenvalue weighted by molar-refractivity contribution is 0.620. The van der Waals surface area contributed by atoms with E-state index < -0.39 is 0 Å². The van der Waals surface area contributed by atoms with Crippen molar-refractivity contribution in [2.45, 2.75) is 19.4 Å². The lowest BCUT2D eigenvalue weighted by Gasteiger charge is -2.09. The summed E-state index contributed by atoms with van der Waals surface area (Å²) in [5.74, 6) is 0. The molecule has 0 aromatic heterocycles. The summed E-state index contributed by atoms with van der Waals surface area (Å²) >= 11 is 0. The minimum atomic E-state index is 0.308. The van der Waals surface area contributed by atoms with E-state index in [1.807, 2.05) is 6.07 Å². The predicted molar refractivity (Wildman–Crippen MR) is 74.7 cm³/mol. The predicted octanol–water partition coefficient (Wildman–Crippen LogP) is 3.43. The molecule has 0 spiro atoms. The lowest BCUT2D eigenvalue weighted by atomic mass is 9.99. The zero-order valence-electron chi connectivity index (χ0n) is 10.4. The average Bonchev–Trinajstić information content (AvgIpc) is 2.90. The third kappa shape index (κ3) is 2.14. The van der Waals surface area contributed by atoms with Gasteiger partial charge in [0.2, 0.25) is 0 Å². The highest BCUT2D eigenvalue weighted by Gasteiger charge is 2.20. The summed E-state index contributed by atoms with van der Waals surface area (Å²) in [6, 6.07) is 19.3. The van der Waals surface area contributed by atoms with E-state index in [0.717, 1.165) is 12.1 Å². The second-order valence-corrected chi connectivity index (χ2v) is 4.72. The summed E-state index contributed by atoms with van der Waals surface area (Å²) in [7, 11) is 0. The number of nitrogens with one attached hydrogen (secondary N) is 1. The van der Waals surface area contributed by atoms with E-state index in [4.69, 9.17) is 0 Å². The van der Waals surface area contributed by atoms with Crippen LogP contribution >= 0.6 is 0 Å². The van der Waals surface area contributed by atoms with Crippen LogP contribution in [-0.2, 0) is 0 Å². The molecule has 0 radical (unpaired) electrons. The minimum absolute atomic E-state index is 0.308. The molecule has 0 saturated carbocycles. The second kappa shape index (κ2) is 4.65. The van der Waals surface area contributed by atoms with Crippen molar-refractivity contribution in [1.82, 2.24) is 5.43 Å². The van der Waals surface area contributed by atoms with E-state index in [1.165, 1.54) is 16.7 Å². The first kappa shape index (κ1) is 11.0. The van der Waals surface area contributed by atoms with Crippen LogP contribution in [0.15, 0.2) is 59.7 Å². The molecule has 18 heavy (non-hydrogen) atoms. The highest BCUT2D eigenvalue weighted by atomic mass is 15.3. The summed E-state index contributed by atoms with van der Waals surface area (Å²) in [6.07, 6.45) is 0.951. The van der Waals surface area contributed by atoms with E-state index in [0.29, 0.717) is 6.04 Å². The van der Waals surface area contributed by atoms with Crippen LogP contribution in [0.3, 0.4) is 0 Å². The first-order valence-corrected chi connectivity index (χ1v) is 6.27. The van der Waals surface area contributed by atoms with Crippen molar-refractivity contribution in [3.63, 3.8) is 0 Å². The van der Waals surface area contributed by atoms with Crippen LogP contribution < -0.4 is 5.43 Å². The van der Waals surface area contributed by atoms with E-state index >= 15 is 0 Å². The van der Waals surface area contributed by atoms with Gasteiger partial charge in [-0.1, -0.05) is 60.2 Å². The second-order valence-electron chi connectivity index (χ2n) is 4.72. The fourth-order valence-electron chi connectivity index (χ4n) is 2.25. The Morgan fingerprint density at radius 2 is 1.72 bits per heavy atom. The van der Waals surface area contributed by atoms with Gasteiger partial charge in [-0.2, -0.15) is 5.10 Å². The van der Waals surface area contributed by atoms with Crippen molar-refractivity contribution >= 4 is 5.71 Å². The molecule has 2 aromatic rings. The van der Waals surface area contributed by atoms with E-state index in [9.17, 15) is 0 Å². The molecule has 1 unspecified atom stereocenters. The van der Waals surface area contributed by atoms with Gasteiger partial charge in [-0.05, 0) is 18.1 Å². The van der Waals surface area contributed by atoms with Gasteiger partial charge in [0.1, 0.15) is 0 Å². The van der Waals surface area contributed by atoms with Crippen molar-refractivity contribution in [3.05, 3.63) is 71.3 Å². The Balaban J connectivity index is 1.77. The van der Waals surface area contributed by atoms with Crippen LogP contribution in [0.2, 0.25) is 0 Å². The Bertz CT molecular complexity index is 555. The van der Waals surface area contributed by atoms with Gasteiger partial charge in [0.25, 0.3) is 0 Å². The number of hydrogen-bond donors (Lipinski definition) is 1. The Kier molecular flexibility index (Phi) is 2.85. The van der Waals surface area contributed by atoms with Crippen LogP contribution in [0.5, 0.6) is 0 Å². The van der Waals surface area contributed by atoms with Crippen molar-refractivity contribution in [2.75, 3.05) is 0 Å². The maximum Gasteiger partial charge on any atom is 0.0745 e. The molecule has 1 heterocycles. The highest BCUT2D eigenvalue weighted by molar-refractivity contribution is 6.01. The average molecular weight is 236 g/mol. The van der Waals surface area contributed by atoms with Crippen molar-refractivity contribution in [1.29, 1.82) is 0 Å². The standard InChI is InChI=1S/C16H16N2/c1-12-7-9-14(10-8-12)16-11-15(17-18-16)13-5-3-2-4-6-13/h2-10,15,17H,11H2,1H3. The zero-order valence-corrected chi connectivity index (χ0v) is 10.4. The normalized spacial score (nSPS) is 18.3. The number of aryl methyl sites for hydroxylation is 1. The minimum Gasteiger partial charge on any atom is -0.302 e. The lowest BCUT2D eigenvalue weighted by Crippen LogP contribution is -2.09. The third-order valence-corrected chi connectivity index (χ3v) is 3.34. The number of hydrogen-bond acceptors (Lipinski definition) is 2. The van der Waals surface area contributed by atoms with Gasteiger partial charge in [0, 0.05) is 6.42 Å². The van der Waals surface area contributed by atoms with Gasteiger partial charge in [-0.15, -0.1) is 0 Å². The van der Waals surface area contributed by atoms with E-state index in [-0.39, 0.29) is 0 Å². The largest absolute Gasteiger partial charge is 0.302 e. The SMILES string of the molecule is Cc1ccc(C2=NNC(c3ccccc3)C2)cc1. The molecule has 2 heteroatoms. The van der Waals surface area contributed by atoms with Crippen molar-refractivity contribution in [2.24, 2.45) is 5.10 Å². The summed E-state index contributed by atoms with van der Waals surface area (Å²) in [6.45, 7) is 2.10. The molecule has 90 valence electrons. The topological polar surface area (TPSA) is 24.4 Å². The molecular formula is C16H16N2. The third-order valence-electron chi connectivity index (χ3n) is 3.34.